The molecule has 3 rings (SSSR count). The smallest absolute Gasteiger partial charge is 0.497 e. The summed E-state index contributed by atoms with van der Waals surface area (Å²) < 4.78 is 4.99. The van der Waals surface area contributed by atoms with E-state index in [1.807, 2.05) is 43.3 Å². The molecule has 1 heterocycles. The first kappa shape index (κ1) is 21.9. The molecule has 2 aromatic carbocycles. The van der Waals surface area contributed by atoms with Crippen molar-refractivity contribution in [2.45, 2.75) is 13.3 Å². The fourth-order valence-corrected chi connectivity index (χ4v) is 4.19. The molecule has 1 unspecified atom stereocenters. The fourth-order valence-electron chi connectivity index (χ4n) is 4.19. The molecule has 2 aromatic rings. The SMILES string of the molecule is CCC[N+](CCO)(C(=O)O)c1ccc(N2CCN(c3ccc(OC)cc3)CC2)cc1. The molecule has 1 saturated heterocycles. The average Bonchev–Trinajstić information content (AvgIpc) is 2.79. The van der Waals surface area contributed by atoms with Crippen molar-refractivity contribution >= 4 is 23.2 Å². The van der Waals surface area contributed by atoms with E-state index < -0.39 is 6.09 Å². The number of aliphatic hydroxyl groups excluding tert-OH is 1. The maximum absolute atomic E-state index is 12.0. The summed E-state index contributed by atoms with van der Waals surface area (Å²) in [6.45, 7) is 6.06. The lowest BCUT2D eigenvalue weighted by Crippen LogP contribution is -2.55. The number of methoxy groups -OCH3 is 1. The van der Waals surface area contributed by atoms with Gasteiger partial charge in [-0.05, 0) is 42.8 Å². The standard InChI is InChI=1S/C23H31N3O4/c1-3-16-26(17-18-27,23(28)29)21-8-4-19(5-9-21)24-12-14-25(15-13-24)20-6-10-22(30-2)11-7-20/h4-11,27H,3,12-18H2,1-2H3/p+1. The van der Waals surface area contributed by atoms with Crippen LogP contribution in [-0.2, 0) is 0 Å². The molecular weight excluding hydrogens is 382 g/mol. The van der Waals surface area contributed by atoms with Crippen molar-refractivity contribution in [2.24, 2.45) is 0 Å². The predicted molar refractivity (Wildman–Crippen MR) is 121 cm³/mol. The van der Waals surface area contributed by atoms with Gasteiger partial charge in [-0.2, -0.15) is 9.28 Å². The van der Waals surface area contributed by atoms with Crippen LogP contribution in [-0.4, -0.2) is 69.3 Å². The van der Waals surface area contributed by atoms with Gasteiger partial charge in [0.2, 0.25) is 0 Å². The van der Waals surface area contributed by atoms with Gasteiger partial charge in [0.1, 0.15) is 18.0 Å². The third kappa shape index (κ3) is 4.52. The summed E-state index contributed by atoms with van der Waals surface area (Å²) in [5, 5.41) is 19.3. The lowest BCUT2D eigenvalue weighted by atomic mass is 10.1. The Balaban J connectivity index is 1.68. The third-order valence-electron chi connectivity index (χ3n) is 5.88. The summed E-state index contributed by atoms with van der Waals surface area (Å²) in [7, 11) is 1.67. The van der Waals surface area contributed by atoms with E-state index in [9.17, 15) is 15.0 Å². The molecule has 1 aliphatic rings. The highest BCUT2D eigenvalue weighted by atomic mass is 16.5. The molecule has 30 heavy (non-hydrogen) atoms. The van der Waals surface area contributed by atoms with Crippen molar-refractivity contribution in [1.29, 1.82) is 0 Å². The van der Waals surface area contributed by atoms with E-state index in [0.717, 1.165) is 44.0 Å². The summed E-state index contributed by atoms with van der Waals surface area (Å²) in [6.07, 6.45) is -0.201. The minimum Gasteiger partial charge on any atom is -0.497 e. The highest BCUT2D eigenvalue weighted by molar-refractivity contribution is 5.81. The van der Waals surface area contributed by atoms with Gasteiger partial charge in [-0.1, -0.05) is 6.92 Å². The van der Waals surface area contributed by atoms with E-state index in [2.05, 4.69) is 21.9 Å². The summed E-state index contributed by atoms with van der Waals surface area (Å²) in [5.41, 5.74) is 2.99. The summed E-state index contributed by atoms with van der Waals surface area (Å²) in [5.74, 6) is 0.859. The number of aliphatic hydroxyl groups is 1. The maximum atomic E-state index is 12.0. The van der Waals surface area contributed by atoms with Gasteiger partial charge in [0.15, 0.2) is 0 Å². The zero-order chi connectivity index (χ0) is 21.6. The largest absolute Gasteiger partial charge is 0.518 e. The third-order valence-corrected chi connectivity index (χ3v) is 5.88. The number of benzene rings is 2. The number of nitrogens with zero attached hydrogens (tertiary/aromatic N) is 3. The Kier molecular flexibility index (Phi) is 7.18. The lowest BCUT2D eigenvalue weighted by molar-refractivity contribution is 0.133. The van der Waals surface area contributed by atoms with Gasteiger partial charge in [0, 0.05) is 49.7 Å². The van der Waals surface area contributed by atoms with Crippen LogP contribution < -0.4 is 19.0 Å². The summed E-state index contributed by atoms with van der Waals surface area (Å²) in [4.78, 5) is 16.7. The molecule has 0 bridgehead atoms. The Bertz CT molecular complexity index is 809. The fraction of sp³-hybridized carbons (Fsp3) is 0.435. The highest BCUT2D eigenvalue weighted by Gasteiger charge is 2.38. The van der Waals surface area contributed by atoms with Gasteiger partial charge < -0.3 is 24.7 Å². The first-order chi connectivity index (χ1) is 14.5. The molecule has 2 N–H and O–H groups in total. The molecule has 1 amide bonds. The predicted octanol–water partition coefficient (Wildman–Crippen LogP) is 3.41. The number of carboxylic acid groups (broad SMARTS) is 1. The molecular formula is C23H32N3O4+. The molecule has 1 atom stereocenters. The molecule has 1 fully saturated rings. The van der Waals surface area contributed by atoms with Crippen LogP contribution in [0.15, 0.2) is 48.5 Å². The highest BCUT2D eigenvalue weighted by Crippen LogP contribution is 2.28. The Labute approximate surface area is 178 Å². The van der Waals surface area contributed by atoms with E-state index in [4.69, 9.17) is 4.74 Å². The molecule has 1 aliphatic heterocycles. The topological polar surface area (TPSA) is 73.2 Å². The van der Waals surface area contributed by atoms with Crippen LogP contribution >= 0.6 is 0 Å². The minimum absolute atomic E-state index is 0.165. The molecule has 0 aliphatic carbocycles. The van der Waals surface area contributed by atoms with Gasteiger partial charge in [0.25, 0.3) is 0 Å². The summed E-state index contributed by atoms with van der Waals surface area (Å²) in [6, 6.07) is 15.9. The van der Waals surface area contributed by atoms with E-state index in [-0.39, 0.29) is 17.6 Å². The first-order valence-electron chi connectivity index (χ1n) is 10.5. The first-order valence-corrected chi connectivity index (χ1v) is 10.5. The second kappa shape index (κ2) is 9.82. The van der Waals surface area contributed by atoms with Crippen LogP contribution in [0.2, 0.25) is 0 Å². The Morgan fingerprint density at radius 2 is 1.43 bits per heavy atom. The number of quaternary nitrogens is 1. The zero-order valence-electron chi connectivity index (χ0n) is 17.8. The maximum Gasteiger partial charge on any atom is 0.518 e. The van der Waals surface area contributed by atoms with E-state index in [1.54, 1.807) is 7.11 Å². The molecule has 0 radical (unpaired) electrons. The Morgan fingerprint density at radius 3 is 1.83 bits per heavy atom. The van der Waals surface area contributed by atoms with Crippen molar-refractivity contribution in [3.05, 3.63) is 48.5 Å². The van der Waals surface area contributed by atoms with Crippen molar-refractivity contribution in [1.82, 2.24) is 4.48 Å². The van der Waals surface area contributed by atoms with Crippen molar-refractivity contribution in [3.8, 4) is 5.75 Å². The van der Waals surface area contributed by atoms with Gasteiger partial charge in [-0.25, -0.2) is 0 Å². The Morgan fingerprint density at radius 1 is 0.933 bits per heavy atom. The van der Waals surface area contributed by atoms with Crippen LogP contribution in [0.4, 0.5) is 21.9 Å². The lowest BCUT2D eigenvalue weighted by Gasteiger charge is -2.37. The van der Waals surface area contributed by atoms with E-state index >= 15 is 0 Å². The van der Waals surface area contributed by atoms with Crippen LogP contribution in [0.5, 0.6) is 5.75 Å². The van der Waals surface area contributed by atoms with Crippen LogP contribution in [0.1, 0.15) is 13.3 Å². The second-order valence-electron chi connectivity index (χ2n) is 7.61. The number of hydrogen-bond donors (Lipinski definition) is 2. The van der Waals surface area contributed by atoms with Gasteiger partial charge >= 0.3 is 6.09 Å². The summed E-state index contributed by atoms with van der Waals surface area (Å²) >= 11 is 0. The average molecular weight is 415 g/mol. The Hall–Kier alpha value is -2.77. The van der Waals surface area contributed by atoms with Crippen LogP contribution in [0, 0.1) is 0 Å². The van der Waals surface area contributed by atoms with Crippen LogP contribution in [0.25, 0.3) is 0 Å². The second-order valence-corrected chi connectivity index (χ2v) is 7.61. The zero-order valence-corrected chi connectivity index (χ0v) is 17.8. The van der Waals surface area contributed by atoms with Crippen molar-refractivity contribution in [3.63, 3.8) is 0 Å². The van der Waals surface area contributed by atoms with Crippen molar-refractivity contribution in [2.75, 3.05) is 62.8 Å². The van der Waals surface area contributed by atoms with Crippen molar-refractivity contribution < 1.29 is 19.7 Å². The molecule has 0 saturated carbocycles. The quantitative estimate of drug-likeness (QED) is 0.645. The molecule has 7 nitrogen and oxygen atoms in total. The molecule has 0 spiro atoms. The number of ether oxygens (including phenoxy) is 1. The van der Waals surface area contributed by atoms with E-state index in [1.165, 1.54) is 5.69 Å². The van der Waals surface area contributed by atoms with Gasteiger partial charge in [-0.15, -0.1) is 0 Å². The number of anilines is 2. The molecule has 162 valence electrons. The number of carbonyl (C=O) groups is 1. The van der Waals surface area contributed by atoms with Gasteiger partial charge in [-0.3, -0.25) is 0 Å². The molecule has 0 aromatic heterocycles. The van der Waals surface area contributed by atoms with Gasteiger partial charge in [0.05, 0.1) is 20.3 Å². The monoisotopic (exact) mass is 414 g/mol. The number of rotatable bonds is 8. The normalized spacial score (nSPS) is 16.2. The molecule has 7 heteroatoms. The number of hydrogen-bond acceptors (Lipinski definition) is 5. The van der Waals surface area contributed by atoms with E-state index in [0.29, 0.717) is 12.2 Å². The number of piperazine rings is 1. The van der Waals surface area contributed by atoms with Crippen LogP contribution in [0.3, 0.4) is 0 Å². The minimum atomic E-state index is -0.924. The number of amides is 1.